The second-order valence-electron chi connectivity index (χ2n) is 4.74. The molecule has 1 aliphatic rings. The topological polar surface area (TPSA) is 58.6 Å². The maximum atomic E-state index is 12.3. The summed E-state index contributed by atoms with van der Waals surface area (Å²) in [4.78, 5) is 0. The minimum absolute atomic E-state index is 0.0747. The van der Waals surface area contributed by atoms with E-state index in [9.17, 15) is 8.42 Å². The smallest absolute Gasteiger partial charge is 0.236 e. The Morgan fingerprint density at radius 2 is 2.05 bits per heavy atom. The summed E-state index contributed by atoms with van der Waals surface area (Å²) in [6.07, 6.45) is 1.97. The molecule has 0 aromatic heterocycles. The first-order valence-corrected chi connectivity index (χ1v) is 7.98. The van der Waals surface area contributed by atoms with Gasteiger partial charge in [-0.25, -0.2) is 8.42 Å². The van der Waals surface area contributed by atoms with Crippen LogP contribution in [0.25, 0.3) is 0 Å². The molecule has 1 fully saturated rings. The number of anilines is 1. The lowest BCUT2D eigenvalue weighted by Gasteiger charge is -2.21. The number of nitrogens with one attached hydrogen (secondary N) is 1. The average Bonchev–Trinajstić information content (AvgIpc) is 2.90. The van der Waals surface area contributed by atoms with Crippen LogP contribution in [0.15, 0.2) is 24.3 Å². The molecule has 0 bridgehead atoms. The number of rotatable bonds is 5. The Labute approximate surface area is 114 Å². The maximum absolute atomic E-state index is 12.3. The Balaban J connectivity index is 2.09. The molecule has 1 aromatic carbocycles. The van der Waals surface area contributed by atoms with E-state index >= 15 is 0 Å². The van der Waals surface area contributed by atoms with Gasteiger partial charge in [0.1, 0.15) is 5.75 Å². The Morgan fingerprint density at radius 3 is 2.58 bits per heavy atom. The quantitative estimate of drug-likeness (QED) is 0.883. The van der Waals surface area contributed by atoms with Crippen molar-refractivity contribution in [2.45, 2.75) is 18.9 Å². The van der Waals surface area contributed by atoms with Crippen LogP contribution < -0.4 is 14.4 Å². The molecule has 1 N–H and O–H groups in total. The van der Waals surface area contributed by atoms with Crippen LogP contribution >= 0.6 is 0 Å². The molecule has 0 radical (unpaired) electrons. The van der Waals surface area contributed by atoms with E-state index in [-0.39, 0.29) is 11.8 Å². The van der Waals surface area contributed by atoms with E-state index in [1.54, 1.807) is 38.4 Å². The van der Waals surface area contributed by atoms with Crippen LogP contribution in [0.1, 0.15) is 12.8 Å². The Kier molecular flexibility index (Phi) is 4.31. The third-order valence-corrected chi connectivity index (χ3v) is 5.30. The van der Waals surface area contributed by atoms with Gasteiger partial charge in [0, 0.05) is 13.1 Å². The van der Waals surface area contributed by atoms with E-state index in [1.165, 1.54) is 4.31 Å². The Bertz CT molecular complexity index is 507. The lowest BCUT2D eigenvalue weighted by molar-refractivity contribution is 0.415. The normalized spacial score (nSPS) is 19.4. The summed E-state index contributed by atoms with van der Waals surface area (Å²) in [7, 11) is -0.112. The summed E-state index contributed by atoms with van der Waals surface area (Å²) >= 11 is 0. The van der Waals surface area contributed by atoms with Crippen LogP contribution in [0.2, 0.25) is 0 Å². The number of ether oxygens (including phenoxy) is 1. The van der Waals surface area contributed by atoms with Crippen molar-refractivity contribution in [2.24, 2.45) is 0 Å². The molecule has 19 heavy (non-hydrogen) atoms. The van der Waals surface area contributed by atoms with Crippen LogP contribution in [0.4, 0.5) is 5.69 Å². The largest absolute Gasteiger partial charge is 0.497 e. The summed E-state index contributed by atoms with van der Waals surface area (Å²) in [5, 5.41) is 3.21. The zero-order valence-corrected chi connectivity index (χ0v) is 12.1. The molecular weight excluding hydrogens is 264 g/mol. The predicted molar refractivity (Wildman–Crippen MR) is 76.2 cm³/mol. The van der Waals surface area contributed by atoms with Gasteiger partial charge in [-0.3, -0.25) is 4.31 Å². The van der Waals surface area contributed by atoms with Gasteiger partial charge in [0.05, 0.1) is 18.6 Å². The molecule has 1 aliphatic heterocycles. The lowest BCUT2D eigenvalue weighted by Crippen LogP contribution is -2.37. The average molecular weight is 284 g/mol. The van der Waals surface area contributed by atoms with Gasteiger partial charge in [-0.15, -0.1) is 0 Å². The molecule has 2 rings (SSSR count). The van der Waals surface area contributed by atoms with E-state index in [4.69, 9.17) is 4.74 Å². The molecule has 0 saturated carbocycles. The van der Waals surface area contributed by atoms with Gasteiger partial charge in [0.25, 0.3) is 0 Å². The van der Waals surface area contributed by atoms with Crippen molar-refractivity contribution in [2.75, 3.05) is 30.8 Å². The number of hydrogen-bond donors (Lipinski definition) is 1. The SMILES string of the molecule is COc1ccc(N(C)S(=O)(=O)CC2CCCN2)cc1. The first-order valence-electron chi connectivity index (χ1n) is 6.37. The van der Waals surface area contributed by atoms with Gasteiger partial charge in [0.2, 0.25) is 10.0 Å². The zero-order chi connectivity index (χ0) is 13.9. The number of hydrogen-bond acceptors (Lipinski definition) is 4. The highest BCUT2D eigenvalue weighted by molar-refractivity contribution is 7.92. The highest BCUT2D eigenvalue weighted by atomic mass is 32.2. The van der Waals surface area contributed by atoms with Crippen LogP contribution in [-0.4, -0.2) is 40.9 Å². The summed E-state index contributed by atoms with van der Waals surface area (Å²) < 4.78 is 31.0. The Hall–Kier alpha value is -1.27. The summed E-state index contributed by atoms with van der Waals surface area (Å²) in [5.74, 6) is 0.863. The fraction of sp³-hybridized carbons (Fsp3) is 0.538. The van der Waals surface area contributed by atoms with E-state index < -0.39 is 10.0 Å². The molecule has 1 unspecified atom stereocenters. The predicted octanol–water partition coefficient (Wildman–Crippen LogP) is 1.21. The minimum atomic E-state index is -3.29. The first kappa shape index (κ1) is 14.1. The number of nitrogens with zero attached hydrogens (tertiary/aromatic N) is 1. The van der Waals surface area contributed by atoms with Gasteiger partial charge < -0.3 is 10.1 Å². The molecule has 106 valence electrons. The fourth-order valence-corrected chi connectivity index (χ4v) is 3.68. The second kappa shape index (κ2) is 5.79. The zero-order valence-electron chi connectivity index (χ0n) is 11.3. The van der Waals surface area contributed by atoms with Crippen LogP contribution in [0, 0.1) is 0 Å². The maximum Gasteiger partial charge on any atom is 0.236 e. The third kappa shape index (κ3) is 3.39. The third-order valence-electron chi connectivity index (χ3n) is 3.43. The van der Waals surface area contributed by atoms with Crippen molar-refractivity contribution in [3.63, 3.8) is 0 Å². The summed E-state index contributed by atoms with van der Waals surface area (Å²) in [6.45, 7) is 0.909. The molecule has 0 spiro atoms. The first-order chi connectivity index (χ1) is 9.03. The van der Waals surface area contributed by atoms with Crippen LogP contribution in [0.3, 0.4) is 0 Å². The van der Waals surface area contributed by atoms with Crippen LogP contribution in [-0.2, 0) is 10.0 Å². The van der Waals surface area contributed by atoms with E-state index in [0.717, 1.165) is 19.4 Å². The van der Waals surface area contributed by atoms with Crippen molar-refractivity contribution < 1.29 is 13.2 Å². The van der Waals surface area contributed by atoms with E-state index in [1.807, 2.05) is 0 Å². The molecular formula is C13H20N2O3S. The van der Waals surface area contributed by atoms with Crippen LogP contribution in [0.5, 0.6) is 5.75 Å². The summed E-state index contributed by atoms with van der Waals surface area (Å²) in [6, 6.07) is 7.09. The minimum Gasteiger partial charge on any atom is -0.497 e. The number of sulfonamides is 1. The van der Waals surface area contributed by atoms with Crippen molar-refractivity contribution in [3.8, 4) is 5.75 Å². The standard InChI is InChI=1S/C13H20N2O3S/c1-15(12-5-7-13(18-2)8-6-12)19(16,17)10-11-4-3-9-14-11/h5-8,11,14H,3-4,9-10H2,1-2H3. The van der Waals surface area contributed by atoms with Gasteiger partial charge in [-0.2, -0.15) is 0 Å². The van der Waals surface area contributed by atoms with Crippen molar-refractivity contribution in [3.05, 3.63) is 24.3 Å². The molecule has 0 amide bonds. The van der Waals surface area contributed by atoms with Gasteiger partial charge in [-0.05, 0) is 43.7 Å². The molecule has 0 aliphatic carbocycles. The van der Waals surface area contributed by atoms with Crippen molar-refractivity contribution >= 4 is 15.7 Å². The van der Waals surface area contributed by atoms with E-state index in [0.29, 0.717) is 11.4 Å². The van der Waals surface area contributed by atoms with Gasteiger partial charge >= 0.3 is 0 Å². The second-order valence-corrected chi connectivity index (χ2v) is 6.78. The lowest BCUT2D eigenvalue weighted by atomic mass is 10.3. The molecule has 1 atom stereocenters. The van der Waals surface area contributed by atoms with E-state index in [2.05, 4.69) is 5.32 Å². The van der Waals surface area contributed by atoms with Crippen molar-refractivity contribution in [1.82, 2.24) is 5.32 Å². The fourth-order valence-electron chi connectivity index (χ4n) is 2.22. The number of methoxy groups -OCH3 is 1. The molecule has 1 aromatic rings. The molecule has 1 saturated heterocycles. The Morgan fingerprint density at radius 1 is 1.37 bits per heavy atom. The molecule has 1 heterocycles. The molecule has 6 heteroatoms. The van der Waals surface area contributed by atoms with Gasteiger partial charge in [-0.1, -0.05) is 0 Å². The van der Waals surface area contributed by atoms with Crippen molar-refractivity contribution in [1.29, 1.82) is 0 Å². The van der Waals surface area contributed by atoms with Gasteiger partial charge in [0.15, 0.2) is 0 Å². The highest BCUT2D eigenvalue weighted by Gasteiger charge is 2.25. The summed E-state index contributed by atoms with van der Waals surface area (Å²) in [5.41, 5.74) is 0.652. The highest BCUT2D eigenvalue weighted by Crippen LogP contribution is 2.21. The monoisotopic (exact) mass is 284 g/mol. The molecule has 5 nitrogen and oxygen atoms in total. The number of benzene rings is 1.